The zero-order valence-corrected chi connectivity index (χ0v) is 12.6. The Hall–Kier alpha value is -1.62. The predicted octanol–water partition coefficient (Wildman–Crippen LogP) is 2.90. The van der Waals surface area contributed by atoms with Gasteiger partial charge in [-0.15, -0.1) is 0 Å². The Labute approximate surface area is 120 Å². The van der Waals surface area contributed by atoms with Crippen LogP contribution in [0.3, 0.4) is 0 Å². The minimum atomic E-state index is -0.0788. The average molecular weight is 322 g/mol. The maximum atomic E-state index is 12.0. The summed E-state index contributed by atoms with van der Waals surface area (Å²) in [5.74, 6) is -0.0788. The second-order valence-electron chi connectivity index (χ2n) is 4.26. The Balaban J connectivity index is 2.02. The quantitative estimate of drug-likeness (QED) is 0.941. The molecule has 2 aromatic rings. The third-order valence-corrected chi connectivity index (χ3v) is 3.52. The molecule has 1 N–H and O–H groups in total. The lowest BCUT2D eigenvalue weighted by molar-refractivity contribution is 0.0951. The first-order valence-electron chi connectivity index (χ1n) is 6.17. The van der Waals surface area contributed by atoms with E-state index in [4.69, 9.17) is 0 Å². The largest absolute Gasteiger partial charge is 0.348 e. The minimum absolute atomic E-state index is 0.0788. The summed E-state index contributed by atoms with van der Waals surface area (Å²) in [4.78, 5) is 12.0. The molecule has 0 radical (unpaired) electrons. The molecule has 1 heterocycles. The lowest BCUT2D eigenvalue weighted by Crippen LogP contribution is -2.23. The second-order valence-corrected chi connectivity index (χ2v) is 5.18. The number of hydrogen-bond donors (Lipinski definition) is 1. The Kier molecular flexibility index (Phi) is 4.37. The van der Waals surface area contributed by atoms with E-state index in [1.54, 1.807) is 18.3 Å². The van der Waals surface area contributed by atoms with Crippen LogP contribution in [-0.4, -0.2) is 15.7 Å². The molecule has 4 nitrogen and oxygen atoms in total. The molecular weight excluding hydrogens is 306 g/mol. The number of nitrogens with zero attached hydrogens (tertiary/aromatic N) is 2. The van der Waals surface area contributed by atoms with E-state index in [0.717, 1.165) is 22.3 Å². The van der Waals surface area contributed by atoms with E-state index < -0.39 is 0 Å². The summed E-state index contributed by atoms with van der Waals surface area (Å²) < 4.78 is 2.82. The van der Waals surface area contributed by atoms with Crippen LogP contribution in [0, 0.1) is 6.92 Å². The summed E-state index contributed by atoms with van der Waals surface area (Å²) in [6.07, 6.45) is 1.81. The first-order chi connectivity index (χ1) is 9.11. The van der Waals surface area contributed by atoms with Crippen LogP contribution in [0.1, 0.15) is 28.5 Å². The summed E-state index contributed by atoms with van der Waals surface area (Å²) in [6.45, 7) is 5.39. The predicted molar refractivity (Wildman–Crippen MR) is 78.0 cm³/mol. The normalized spacial score (nSPS) is 10.5. The molecule has 0 bridgehead atoms. The number of amides is 1. The van der Waals surface area contributed by atoms with Gasteiger partial charge in [-0.05, 0) is 32.0 Å². The highest BCUT2D eigenvalue weighted by Gasteiger charge is 2.08. The fourth-order valence-corrected chi connectivity index (χ4v) is 2.28. The van der Waals surface area contributed by atoms with Gasteiger partial charge in [0.2, 0.25) is 0 Å². The maximum Gasteiger partial charge on any atom is 0.251 e. The number of aryl methyl sites for hydroxylation is 1. The van der Waals surface area contributed by atoms with Crippen LogP contribution < -0.4 is 5.32 Å². The van der Waals surface area contributed by atoms with E-state index >= 15 is 0 Å². The van der Waals surface area contributed by atoms with E-state index in [-0.39, 0.29) is 5.91 Å². The summed E-state index contributed by atoms with van der Waals surface area (Å²) >= 11 is 3.36. The van der Waals surface area contributed by atoms with Gasteiger partial charge in [0, 0.05) is 34.4 Å². The fourth-order valence-electron chi connectivity index (χ4n) is 1.88. The standard InChI is InChI=1S/C14H16BrN3O/c1-3-18-10(2)12(9-17-18)8-16-14(19)11-5-4-6-13(15)7-11/h4-7,9H,3,8H2,1-2H3,(H,16,19). The van der Waals surface area contributed by atoms with Gasteiger partial charge >= 0.3 is 0 Å². The molecule has 2 rings (SSSR count). The molecule has 1 aromatic heterocycles. The highest BCUT2D eigenvalue weighted by atomic mass is 79.9. The number of halogens is 1. The molecule has 5 heteroatoms. The van der Waals surface area contributed by atoms with Gasteiger partial charge in [0.25, 0.3) is 5.91 Å². The molecule has 0 aliphatic heterocycles. The molecule has 0 spiro atoms. The van der Waals surface area contributed by atoms with E-state index in [1.165, 1.54) is 0 Å². The topological polar surface area (TPSA) is 46.9 Å². The third kappa shape index (κ3) is 3.23. The number of rotatable bonds is 4. The third-order valence-electron chi connectivity index (χ3n) is 3.03. The van der Waals surface area contributed by atoms with Crippen molar-refractivity contribution in [2.24, 2.45) is 0 Å². The highest BCUT2D eigenvalue weighted by Crippen LogP contribution is 2.12. The van der Waals surface area contributed by atoms with Crippen LogP contribution in [0.5, 0.6) is 0 Å². The van der Waals surface area contributed by atoms with Crippen LogP contribution in [0.15, 0.2) is 34.9 Å². The number of carbonyl (C=O) groups is 1. The van der Waals surface area contributed by atoms with Gasteiger partial charge in [0.1, 0.15) is 0 Å². The van der Waals surface area contributed by atoms with Crippen molar-refractivity contribution in [2.75, 3.05) is 0 Å². The minimum Gasteiger partial charge on any atom is -0.348 e. The summed E-state index contributed by atoms with van der Waals surface area (Å²) in [5, 5.41) is 7.16. The Bertz CT molecular complexity index is 592. The van der Waals surface area contributed by atoms with Gasteiger partial charge in [0.05, 0.1) is 6.20 Å². The van der Waals surface area contributed by atoms with Crippen molar-refractivity contribution < 1.29 is 4.79 Å². The van der Waals surface area contributed by atoms with Crippen molar-refractivity contribution in [3.05, 3.63) is 51.8 Å². The molecule has 0 aliphatic rings. The van der Waals surface area contributed by atoms with Crippen LogP contribution in [-0.2, 0) is 13.1 Å². The van der Waals surface area contributed by atoms with Crippen LogP contribution in [0.4, 0.5) is 0 Å². The molecule has 0 unspecified atom stereocenters. The summed E-state index contributed by atoms with van der Waals surface area (Å²) in [5.41, 5.74) is 2.79. The van der Waals surface area contributed by atoms with E-state index in [2.05, 4.69) is 26.3 Å². The fraction of sp³-hybridized carbons (Fsp3) is 0.286. The van der Waals surface area contributed by atoms with Crippen LogP contribution >= 0.6 is 15.9 Å². The highest BCUT2D eigenvalue weighted by molar-refractivity contribution is 9.10. The Morgan fingerprint density at radius 1 is 1.47 bits per heavy atom. The number of benzene rings is 1. The number of hydrogen-bond acceptors (Lipinski definition) is 2. The van der Waals surface area contributed by atoms with Gasteiger partial charge in [-0.3, -0.25) is 9.48 Å². The van der Waals surface area contributed by atoms with Crippen molar-refractivity contribution in [1.82, 2.24) is 15.1 Å². The van der Waals surface area contributed by atoms with Gasteiger partial charge in [0.15, 0.2) is 0 Å². The maximum absolute atomic E-state index is 12.0. The van der Waals surface area contributed by atoms with Crippen molar-refractivity contribution in [3.8, 4) is 0 Å². The van der Waals surface area contributed by atoms with E-state index in [0.29, 0.717) is 12.1 Å². The van der Waals surface area contributed by atoms with E-state index in [1.807, 2.05) is 30.7 Å². The lowest BCUT2D eigenvalue weighted by atomic mass is 10.2. The number of carbonyl (C=O) groups excluding carboxylic acids is 1. The molecular formula is C14H16BrN3O. The summed E-state index contributed by atoms with van der Waals surface area (Å²) in [7, 11) is 0. The van der Waals surface area contributed by atoms with Crippen molar-refractivity contribution in [2.45, 2.75) is 26.9 Å². The van der Waals surface area contributed by atoms with Gasteiger partial charge in [-0.1, -0.05) is 22.0 Å². The van der Waals surface area contributed by atoms with Crippen molar-refractivity contribution >= 4 is 21.8 Å². The molecule has 0 saturated carbocycles. The molecule has 0 atom stereocenters. The average Bonchev–Trinajstić information content (AvgIpc) is 2.76. The first kappa shape index (κ1) is 13.8. The number of nitrogens with one attached hydrogen (secondary N) is 1. The molecule has 0 aliphatic carbocycles. The second kappa shape index (κ2) is 6.02. The van der Waals surface area contributed by atoms with Gasteiger partial charge in [-0.25, -0.2) is 0 Å². The molecule has 0 saturated heterocycles. The molecule has 19 heavy (non-hydrogen) atoms. The Morgan fingerprint density at radius 2 is 2.26 bits per heavy atom. The molecule has 100 valence electrons. The van der Waals surface area contributed by atoms with Gasteiger partial charge < -0.3 is 5.32 Å². The van der Waals surface area contributed by atoms with Crippen LogP contribution in [0.25, 0.3) is 0 Å². The Morgan fingerprint density at radius 3 is 2.89 bits per heavy atom. The number of aromatic nitrogens is 2. The zero-order valence-electron chi connectivity index (χ0n) is 11.0. The summed E-state index contributed by atoms with van der Waals surface area (Å²) in [6, 6.07) is 7.34. The first-order valence-corrected chi connectivity index (χ1v) is 6.96. The molecule has 1 aromatic carbocycles. The zero-order chi connectivity index (χ0) is 13.8. The van der Waals surface area contributed by atoms with Crippen molar-refractivity contribution in [3.63, 3.8) is 0 Å². The van der Waals surface area contributed by atoms with Crippen LogP contribution in [0.2, 0.25) is 0 Å². The monoisotopic (exact) mass is 321 g/mol. The molecule has 1 amide bonds. The SMILES string of the molecule is CCn1ncc(CNC(=O)c2cccc(Br)c2)c1C. The van der Waals surface area contributed by atoms with Crippen molar-refractivity contribution in [1.29, 1.82) is 0 Å². The molecule has 0 fully saturated rings. The van der Waals surface area contributed by atoms with Gasteiger partial charge in [-0.2, -0.15) is 5.10 Å². The lowest BCUT2D eigenvalue weighted by Gasteiger charge is -2.06. The van der Waals surface area contributed by atoms with E-state index in [9.17, 15) is 4.79 Å². The smallest absolute Gasteiger partial charge is 0.251 e.